The number of likely N-dealkylation sites (tertiary alicyclic amines) is 1. The van der Waals surface area contributed by atoms with Gasteiger partial charge in [-0.1, -0.05) is 12.1 Å². The van der Waals surface area contributed by atoms with Gasteiger partial charge < -0.3 is 14.3 Å². The lowest BCUT2D eigenvalue weighted by Gasteiger charge is -2.26. The summed E-state index contributed by atoms with van der Waals surface area (Å²) in [7, 11) is 0. The van der Waals surface area contributed by atoms with Gasteiger partial charge in [0, 0.05) is 25.6 Å². The third-order valence-corrected chi connectivity index (χ3v) is 6.12. The van der Waals surface area contributed by atoms with Crippen molar-refractivity contribution in [3.8, 4) is 5.75 Å². The van der Waals surface area contributed by atoms with Crippen molar-refractivity contribution in [2.24, 2.45) is 0 Å². The lowest BCUT2D eigenvalue weighted by atomic mass is 9.92. The molecule has 3 aliphatic rings. The van der Waals surface area contributed by atoms with Crippen LogP contribution in [0.3, 0.4) is 0 Å². The second-order valence-corrected chi connectivity index (χ2v) is 7.74. The predicted molar refractivity (Wildman–Crippen MR) is 97.2 cm³/mol. The van der Waals surface area contributed by atoms with E-state index in [4.69, 9.17) is 9.47 Å². The first-order valence-electron chi connectivity index (χ1n) is 9.88. The Morgan fingerprint density at radius 1 is 1.20 bits per heavy atom. The van der Waals surface area contributed by atoms with E-state index < -0.39 is 0 Å². The SMILES string of the molecule is O=CCN1CC(c2ccc3c(c2)CCO3)CC1CCC1CCCCO1. The molecule has 3 aliphatic heterocycles. The third kappa shape index (κ3) is 3.90. The molecule has 0 aromatic heterocycles. The summed E-state index contributed by atoms with van der Waals surface area (Å²) in [5.41, 5.74) is 2.76. The molecule has 1 aromatic carbocycles. The van der Waals surface area contributed by atoms with E-state index in [0.29, 0.717) is 24.6 Å². The molecule has 2 fully saturated rings. The van der Waals surface area contributed by atoms with Gasteiger partial charge >= 0.3 is 0 Å². The molecule has 0 amide bonds. The van der Waals surface area contributed by atoms with Crippen molar-refractivity contribution in [1.82, 2.24) is 4.90 Å². The highest BCUT2D eigenvalue weighted by Crippen LogP contribution is 2.37. The van der Waals surface area contributed by atoms with Crippen molar-refractivity contribution in [2.45, 2.75) is 63.0 Å². The first kappa shape index (κ1) is 17.0. The summed E-state index contributed by atoms with van der Waals surface area (Å²) in [6, 6.07) is 7.19. The van der Waals surface area contributed by atoms with E-state index in [1.54, 1.807) is 0 Å². The Balaban J connectivity index is 1.40. The van der Waals surface area contributed by atoms with Gasteiger partial charge in [-0.05, 0) is 61.6 Å². The third-order valence-electron chi connectivity index (χ3n) is 6.12. The molecule has 2 saturated heterocycles. The highest BCUT2D eigenvalue weighted by Gasteiger charge is 2.33. The molecule has 0 saturated carbocycles. The minimum atomic E-state index is 0.433. The summed E-state index contributed by atoms with van der Waals surface area (Å²) in [6.45, 7) is 3.28. The molecule has 136 valence electrons. The molecule has 4 heteroatoms. The van der Waals surface area contributed by atoms with Gasteiger partial charge in [-0.2, -0.15) is 0 Å². The van der Waals surface area contributed by atoms with E-state index in [1.807, 2.05) is 0 Å². The summed E-state index contributed by atoms with van der Waals surface area (Å²) >= 11 is 0. The van der Waals surface area contributed by atoms with Crippen LogP contribution in [0.25, 0.3) is 0 Å². The number of aldehydes is 1. The van der Waals surface area contributed by atoms with Crippen LogP contribution in [-0.2, 0) is 16.0 Å². The molecule has 3 heterocycles. The molecule has 0 radical (unpaired) electrons. The highest BCUT2D eigenvalue weighted by molar-refractivity contribution is 5.52. The number of carbonyl (C=O) groups excluding carboxylic acids is 1. The fraction of sp³-hybridized carbons (Fsp3) is 0.667. The average Bonchev–Trinajstić information content (AvgIpc) is 3.27. The number of benzene rings is 1. The maximum absolute atomic E-state index is 11.1. The topological polar surface area (TPSA) is 38.8 Å². The fourth-order valence-corrected chi connectivity index (χ4v) is 4.72. The zero-order valence-electron chi connectivity index (χ0n) is 15.0. The minimum Gasteiger partial charge on any atom is -0.493 e. The Morgan fingerprint density at radius 3 is 3.00 bits per heavy atom. The van der Waals surface area contributed by atoms with E-state index in [1.165, 1.54) is 30.4 Å². The van der Waals surface area contributed by atoms with E-state index in [-0.39, 0.29) is 0 Å². The normalized spacial score (nSPS) is 29.4. The van der Waals surface area contributed by atoms with Gasteiger partial charge in [0.2, 0.25) is 0 Å². The standard InChI is InChI=1S/C21H29NO3/c23-10-9-22-15-18(16-4-7-21-17(13-16)8-12-25-21)14-19(22)5-6-20-3-1-2-11-24-20/h4,7,10,13,18-20H,1-3,5-6,8-9,11-12,14-15H2. The van der Waals surface area contributed by atoms with Gasteiger partial charge in [0.05, 0.1) is 19.3 Å². The molecule has 0 bridgehead atoms. The maximum atomic E-state index is 11.1. The molecule has 3 atom stereocenters. The van der Waals surface area contributed by atoms with Crippen LogP contribution in [-0.4, -0.2) is 49.6 Å². The van der Waals surface area contributed by atoms with Crippen molar-refractivity contribution in [2.75, 3.05) is 26.3 Å². The predicted octanol–water partition coefficient (Wildman–Crippen LogP) is 3.33. The van der Waals surface area contributed by atoms with Gasteiger partial charge in [0.1, 0.15) is 12.0 Å². The van der Waals surface area contributed by atoms with Crippen LogP contribution in [0.2, 0.25) is 0 Å². The first-order valence-corrected chi connectivity index (χ1v) is 9.88. The molecule has 1 aromatic rings. The number of fused-ring (bicyclic) bond motifs is 1. The lowest BCUT2D eigenvalue weighted by Crippen LogP contribution is -2.32. The van der Waals surface area contributed by atoms with Gasteiger partial charge in [-0.15, -0.1) is 0 Å². The van der Waals surface area contributed by atoms with Crippen molar-refractivity contribution in [3.05, 3.63) is 29.3 Å². The van der Waals surface area contributed by atoms with Crippen molar-refractivity contribution in [1.29, 1.82) is 0 Å². The van der Waals surface area contributed by atoms with E-state index in [2.05, 4.69) is 23.1 Å². The van der Waals surface area contributed by atoms with E-state index in [0.717, 1.165) is 57.5 Å². The Labute approximate surface area is 150 Å². The zero-order valence-corrected chi connectivity index (χ0v) is 15.0. The summed E-state index contributed by atoms with van der Waals surface area (Å²) < 4.78 is 11.5. The smallest absolute Gasteiger partial charge is 0.133 e. The second-order valence-electron chi connectivity index (χ2n) is 7.74. The average molecular weight is 343 g/mol. The Kier molecular flexibility index (Phi) is 5.37. The van der Waals surface area contributed by atoms with E-state index in [9.17, 15) is 4.79 Å². The first-order chi connectivity index (χ1) is 12.3. The number of carbonyl (C=O) groups is 1. The summed E-state index contributed by atoms with van der Waals surface area (Å²) in [5, 5.41) is 0. The van der Waals surface area contributed by atoms with Crippen molar-refractivity contribution in [3.63, 3.8) is 0 Å². The van der Waals surface area contributed by atoms with E-state index >= 15 is 0 Å². The van der Waals surface area contributed by atoms with Crippen LogP contribution in [0.15, 0.2) is 18.2 Å². The van der Waals surface area contributed by atoms with Crippen LogP contribution < -0.4 is 4.74 Å². The largest absolute Gasteiger partial charge is 0.493 e. The van der Waals surface area contributed by atoms with Crippen LogP contribution >= 0.6 is 0 Å². The summed E-state index contributed by atoms with van der Waals surface area (Å²) in [6.07, 6.45) is 9.65. The highest BCUT2D eigenvalue weighted by atomic mass is 16.5. The molecule has 0 spiro atoms. The summed E-state index contributed by atoms with van der Waals surface area (Å²) in [5.74, 6) is 1.58. The number of hydrogen-bond acceptors (Lipinski definition) is 4. The Hall–Kier alpha value is -1.39. The number of ether oxygens (including phenoxy) is 2. The number of hydrogen-bond donors (Lipinski definition) is 0. The van der Waals surface area contributed by atoms with Crippen molar-refractivity contribution >= 4 is 6.29 Å². The molecule has 0 aliphatic carbocycles. The lowest BCUT2D eigenvalue weighted by molar-refractivity contribution is -0.109. The minimum absolute atomic E-state index is 0.433. The molecule has 4 rings (SSSR count). The molecule has 25 heavy (non-hydrogen) atoms. The molecule has 4 nitrogen and oxygen atoms in total. The van der Waals surface area contributed by atoms with Crippen LogP contribution in [0.4, 0.5) is 0 Å². The Bertz CT molecular complexity index is 597. The molecular weight excluding hydrogens is 314 g/mol. The molecule has 3 unspecified atom stereocenters. The fourth-order valence-electron chi connectivity index (χ4n) is 4.72. The van der Waals surface area contributed by atoms with Gasteiger partial charge in [0.15, 0.2) is 0 Å². The maximum Gasteiger partial charge on any atom is 0.133 e. The monoisotopic (exact) mass is 343 g/mol. The van der Waals surface area contributed by atoms with Crippen molar-refractivity contribution < 1.29 is 14.3 Å². The second kappa shape index (κ2) is 7.88. The quantitative estimate of drug-likeness (QED) is 0.743. The molecular formula is C21H29NO3. The zero-order chi connectivity index (χ0) is 17.1. The molecule has 0 N–H and O–H groups in total. The van der Waals surface area contributed by atoms with Crippen LogP contribution in [0.1, 0.15) is 55.6 Å². The summed E-state index contributed by atoms with van der Waals surface area (Å²) in [4.78, 5) is 13.5. The number of nitrogens with zero attached hydrogens (tertiary/aromatic N) is 1. The van der Waals surface area contributed by atoms with Crippen LogP contribution in [0.5, 0.6) is 5.75 Å². The van der Waals surface area contributed by atoms with Crippen LogP contribution in [0, 0.1) is 0 Å². The van der Waals surface area contributed by atoms with Gasteiger partial charge in [0.25, 0.3) is 0 Å². The van der Waals surface area contributed by atoms with Gasteiger partial charge in [-0.3, -0.25) is 4.90 Å². The van der Waals surface area contributed by atoms with Gasteiger partial charge in [-0.25, -0.2) is 0 Å². The Morgan fingerprint density at radius 2 is 2.16 bits per heavy atom. The number of rotatable bonds is 6.